The maximum absolute atomic E-state index is 12.1. The quantitative estimate of drug-likeness (QED) is 0.866. The van der Waals surface area contributed by atoms with Gasteiger partial charge in [-0.15, -0.1) is 0 Å². The molecule has 0 radical (unpaired) electrons. The predicted octanol–water partition coefficient (Wildman–Crippen LogP) is 2.08. The van der Waals surface area contributed by atoms with E-state index in [4.69, 9.17) is 0 Å². The number of carbonyl (C=O) groups excluding carboxylic acids is 2. The molecular weight excluding hydrogens is 304 g/mol. The SMILES string of the molecule is CC(=O)N1CCC(CC(=O)NCCc2ncc(C)n2C(C)C)CC1. The maximum atomic E-state index is 12.1. The van der Waals surface area contributed by atoms with Gasteiger partial charge in [0, 0.05) is 57.3 Å². The van der Waals surface area contributed by atoms with Gasteiger partial charge in [0.05, 0.1) is 0 Å². The normalized spacial score (nSPS) is 15.8. The van der Waals surface area contributed by atoms with E-state index in [1.54, 1.807) is 6.92 Å². The van der Waals surface area contributed by atoms with Gasteiger partial charge in [0.1, 0.15) is 5.82 Å². The third-order valence-electron chi connectivity index (χ3n) is 4.78. The van der Waals surface area contributed by atoms with Crippen LogP contribution in [0, 0.1) is 12.8 Å². The van der Waals surface area contributed by atoms with Crippen LogP contribution in [0.2, 0.25) is 0 Å². The number of nitrogens with zero attached hydrogens (tertiary/aromatic N) is 3. The van der Waals surface area contributed by atoms with E-state index < -0.39 is 0 Å². The van der Waals surface area contributed by atoms with Gasteiger partial charge in [-0.2, -0.15) is 0 Å². The number of imidazole rings is 1. The highest BCUT2D eigenvalue weighted by atomic mass is 16.2. The van der Waals surface area contributed by atoms with Crippen LogP contribution in [0.25, 0.3) is 0 Å². The van der Waals surface area contributed by atoms with Crippen LogP contribution < -0.4 is 5.32 Å². The van der Waals surface area contributed by atoms with Crippen molar-refractivity contribution < 1.29 is 9.59 Å². The monoisotopic (exact) mass is 334 g/mol. The van der Waals surface area contributed by atoms with Gasteiger partial charge >= 0.3 is 0 Å². The fourth-order valence-corrected chi connectivity index (χ4v) is 3.49. The van der Waals surface area contributed by atoms with Crippen LogP contribution in [0.15, 0.2) is 6.20 Å². The van der Waals surface area contributed by atoms with Gasteiger partial charge in [0.25, 0.3) is 0 Å². The molecule has 0 saturated carbocycles. The molecule has 2 amide bonds. The summed E-state index contributed by atoms with van der Waals surface area (Å²) < 4.78 is 2.21. The summed E-state index contributed by atoms with van der Waals surface area (Å²) in [5.74, 6) is 1.66. The minimum atomic E-state index is 0.107. The standard InChI is InChI=1S/C18H30N4O2/c1-13(2)22-14(3)12-20-17(22)5-8-19-18(24)11-16-6-9-21(10-7-16)15(4)23/h12-13,16H,5-11H2,1-4H3,(H,19,24). The Morgan fingerprint density at radius 2 is 2.00 bits per heavy atom. The van der Waals surface area contributed by atoms with E-state index in [1.807, 2.05) is 11.1 Å². The Balaban J connectivity index is 1.72. The van der Waals surface area contributed by atoms with E-state index in [0.717, 1.165) is 43.9 Å². The lowest BCUT2D eigenvalue weighted by Gasteiger charge is -2.30. The summed E-state index contributed by atoms with van der Waals surface area (Å²) in [6.07, 6.45) is 5.04. The lowest BCUT2D eigenvalue weighted by Crippen LogP contribution is -2.38. The second-order valence-electron chi connectivity index (χ2n) is 7.03. The molecule has 24 heavy (non-hydrogen) atoms. The van der Waals surface area contributed by atoms with Gasteiger partial charge in [0.15, 0.2) is 0 Å². The molecule has 1 aliphatic heterocycles. The molecule has 6 heteroatoms. The second kappa shape index (κ2) is 8.31. The Morgan fingerprint density at radius 3 is 2.58 bits per heavy atom. The molecular formula is C18H30N4O2. The molecule has 1 aliphatic rings. The van der Waals surface area contributed by atoms with E-state index >= 15 is 0 Å². The Hall–Kier alpha value is -1.85. The number of hydrogen-bond donors (Lipinski definition) is 1. The molecule has 0 aliphatic carbocycles. The van der Waals surface area contributed by atoms with Crippen molar-refractivity contribution in [2.24, 2.45) is 5.92 Å². The summed E-state index contributed by atoms with van der Waals surface area (Å²) in [5.41, 5.74) is 1.16. The van der Waals surface area contributed by atoms with Crippen molar-refractivity contribution in [2.75, 3.05) is 19.6 Å². The van der Waals surface area contributed by atoms with Crippen LogP contribution in [0.1, 0.15) is 57.6 Å². The second-order valence-corrected chi connectivity index (χ2v) is 7.03. The van der Waals surface area contributed by atoms with Gasteiger partial charge in [-0.25, -0.2) is 4.98 Å². The van der Waals surface area contributed by atoms with Gasteiger partial charge in [0.2, 0.25) is 11.8 Å². The van der Waals surface area contributed by atoms with Crippen LogP contribution in [0.5, 0.6) is 0 Å². The van der Waals surface area contributed by atoms with Gasteiger partial charge in [-0.05, 0) is 39.5 Å². The highest BCUT2D eigenvalue weighted by molar-refractivity contribution is 5.76. The van der Waals surface area contributed by atoms with E-state index in [-0.39, 0.29) is 11.8 Å². The van der Waals surface area contributed by atoms with E-state index in [0.29, 0.717) is 24.9 Å². The zero-order chi connectivity index (χ0) is 17.7. The molecule has 0 unspecified atom stereocenters. The van der Waals surface area contributed by atoms with Crippen molar-refractivity contribution in [3.05, 3.63) is 17.7 Å². The first-order valence-corrected chi connectivity index (χ1v) is 8.93. The lowest BCUT2D eigenvalue weighted by molar-refractivity contribution is -0.130. The number of aromatic nitrogens is 2. The van der Waals surface area contributed by atoms with Crippen molar-refractivity contribution in [1.82, 2.24) is 19.8 Å². The van der Waals surface area contributed by atoms with Gasteiger partial charge < -0.3 is 14.8 Å². The van der Waals surface area contributed by atoms with Gasteiger partial charge in [-0.1, -0.05) is 0 Å². The summed E-state index contributed by atoms with van der Waals surface area (Å²) >= 11 is 0. The Bertz CT molecular complexity index is 572. The number of amides is 2. The Kier molecular flexibility index (Phi) is 6.40. The molecule has 1 saturated heterocycles. The lowest BCUT2D eigenvalue weighted by atomic mass is 9.93. The summed E-state index contributed by atoms with van der Waals surface area (Å²) in [6, 6.07) is 0.379. The van der Waals surface area contributed by atoms with E-state index in [2.05, 4.69) is 35.6 Å². The van der Waals surface area contributed by atoms with Crippen LogP contribution in [0.3, 0.4) is 0 Å². The van der Waals surface area contributed by atoms with Crippen molar-refractivity contribution in [2.45, 2.75) is 59.4 Å². The summed E-state index contributed by atoms with van der Waals surface area (Å²) in [7, 11) is 0. The summed E-state index contributed by atoms with van der Waals surface area (Å²) in [6.45, 7) is 10.1. The molecule has 0 spiro atoms. The predicted molar refractivity (Wildman–Crippen MR) is 93.7 cm³/mol. The number of carbonyl (C=O) groups is 2. The molecule has 2 rings (SSSR count). The van der Waals surface area contributed by atoms with E-state index in [9.17, 15) is 9.59 Å². The minimum Gasteiger partial charge on any atom is -0.356 e. The molecule has 1 aromatic rings. The highest BCUT2D eigenvalue weighted by Gasteiger charge is 2.22. The van der Waals surface area contributed by atoms with Crippen LogP contribution in [-0.4, -0.2) is 45.9 Å². The Morgan fingerprint density at radius 1 is 1.33 bits per heavy atom. The summed E-state index contributed by atoms with van der Waals surface area (Å²) in [4.78, 5) is 29.8. The topological polar surface area (TPSA) is 67.2 Å². The molecule has 1 N–H and O–H groups in total. The fraction of sp³-hybridized carbons (Fsp3) is 0.722. The third-order valence-corrected chi connectivity index (χ3v) is 4.78. The first-order chi connectivity index (χ1) is 11.4. The minimum absolute atomic E-state index is 0.107. The molecule has 0 aromatic carbocycles. The molecule has 1 fully saturated rings. The van der Waals surface area contributed by atoms with Gasteiger partial charge in [-0.3, -0.25) is 9.59 Å². The van der Waals surface area contributed by atoms with Crippen molar-refractivity contribution >= 4 is 11.8 Å². The van der Waals surface area contributed by atoms with Crippen LogP contribution in [0.4, 0.5) is 0 Å². The van der Waals surface area contributed by atoms with Crippen molar-refractivity contribution in [3.8, 4) is 0 Å². The van der Waals surface area contributed by atoms with Crippen molar-refractivity contribution in [1.29, 1.82) is 0 Å². The zero-order valence-corrected chi connectivity index (χ0v) is 15.3. The van der Waals surface area contributed by atoms with Crippen LogP contribution in [-0.2, 0) is 16.0 Å². The van der Waals surface area contributed by atoms with Crippen LogP contribution >= 0.6 is 0 Å². The first-order valence-electron chi connectivity index (χ1n) is 8.93. The molecule has 134 valence electrons. The number of hydrogen-bond acceptors (Lipinski definition) is 3. The number of piperidine rings is 1. The number of nitrogens with one attached hydrogen (secondary N) is 1. The molecule has 6 nitrogen and oxygen atoms in total. The zero-order valence-electron chi connectivity index (χ0n) is 15.3. The molecule has 1 aromatic heterocycles. The maximum Gasteiger partial charge on any atom is 0.220 e. The number of likely N-dealkylation sites (tertiary alicyclic amines) is 1. The Labute approximate surface area is 144 Å². The third kappa shape index (κ3) is 4.82. The average molecular weight is 334 g/mol. The average Bonchev–Trinajstić information content (AvgIpc) is 2.88. The first kappa shape index (κ1) is 18.5. The number of aryl methyl sites for hydroxylation is 1. The molecule has 0 bridgehead atoms. The summed E-state index contributed by atoms with van der Waals surface area (Å²) in [5, 5.41) is 3.02. The van der Waals surface area contributed by atoms with Crippen molar-refractivity contribution in [3.63, 3.8) is 0 Å². The highest BCUT2D eigenvalue weighted by Crippen LogP contribution is 2.20. The molecule has 2 heterocycles. The molecule has 0 atom stereocenters. The number of rotatable bonds is 6. The van der Waals surface area contributed by atoms with E-state index in [1.165, 1.54) is 0 Å². The fourth-order valence-electron chi connectivity index (χ4n) is 3.49. The largest absolute Gasteiger partial charge is 0.356 e. The smallest absolute Gasteiger partial charge is 0.220 e.